The molecule has 1 aliphatic rings. The minimum absolute atomic E-state index is 0.274. The molecule has 108 valence electrons. The van der Waals surface area contributed by atoms with Crippen LogP contribution >= 0.6 is 11.8 Å². The SMILES string of the molecule is O=C(NCC1CCSCC1)c1cc([N+](=O)[O-])ccc1F. The maximum atomic E-state index is 13.6. The molecule has 0 aliphatic carbocycles. The van der Waals surface area contributed by atoms with Gasteiger partial charge in [-0.15, -0.1) is 0 Å². The predicted molar refractivity (Wildman–Crippen MR) is 75.4 cm³/mol. The van der Waals surface area contributed by atoms with E-state index in [1.54, 1.807) is 0 Å². The smallest absolute Gasteiger partial charge is 0.270 e. The van der Waals surface area contributed by atoms with Crippen LogP contribution in [0.5, 0.6) is 0 Å². The molecule has 1 N–H and O–H groups in total. The summed E-state index contributed by atoms with van der Waals surface area (Å²) in [6, 6.07) is 2.97. The van der Waals surface area contributed by atoms with E-state index < -0.39 is 16.6 Å². The summed E-state index contributed by atoms with van der Waals surface area (Å²) >= 11 is 1.89. The lowest BCUT2D eigenvalue weighted by Gasteiger charge is -2.21. The zero-order valence-corrected chi connectivity index (χ0v) is 11.6. The fraction of sp³-hybridized carbons (Fsp3) is 0.462. The average Bonchev–Trinajstić information content (AvgIpc) is 2.46. The second kappa shape index (κ2) is 6.69. The van der Waals surface area contributed by atoms with E-state index >= 15 is 0 Å². The van der Waals surface area contributed by atoms with Crippen molar-refractivity contribution in [2.75, 3.05) is 18.1 Å². The van der Waals surface area contributed by atoms with Crippen molar-refractivity contribution < 1.29 is 14.1 Å². The van der Waals surface area contributed by atoms with E-state index in [0.717, 1.165) is 42.5 Å². The molecular formula is C13H15FN2O3S. The van der Waals surface area contributed by atoms with Crippen molar-refractivity contribution in [2.45, 2.75) is 12.8 Å². The molecule has 0 aromatic heterocycles. The Morgan fingerprint density at radius 3 is 2.80 bits per heavy atom. The summed E-state index contributed by atoms with van der Waals surface area (Å²) in [7, 11) is 0. The molecule has 1 aromatic rings. The zero-order valence-electron chi connectivity index (χ0n) is 10.8. The summed E-state index contributed by atoms with van der Waals surface area (Å²) in [5.41, 5.74) is -0.560. The van der Waals surface area contributed by atoms with Crippen LogP contribution in [0.3, 0.4) is 0 Å². The van der Waals surface area contributed by atoms with Crippen LogP contribution in [0, 0.1) is 21.8 Å². The molecule has 0 unspecified atom stereocenters. The molecule has 2 rings (SSSR count). The maximum Gasteiger partial charge on any atom is 0.270 e. The molecule has 5 nitrogen and oxygen atoms in total. The van der Waals surface area contributed by atoms with Gasteiger partial charge in [0, 0.05) is 18.7 Å². The highest BCUT2D eigenvalue weighted by atomic mass is 32.2. The number of amides is 1. The molecule has 1 saturated heterocycles. The molecule has 1 amide bonds. The van der Waals surface area contributed by atoms with Crippen LogP contribution in [0.4, 0.5) is 10.1 Å². The van der Waals surface area contributed by atoms with Gasteiger partial charge in [-0.25, -0.2) is 4.39 Å². The van der Waals surface area contributed by atoms with Crippen LogP contribution in [-0.4, -0.2) is 28.9 Å². The first-order valence-corrected chi connectivity index (χ1v) is 7.53. The largest absolute Gasteiger partial charge is 0.352 e. The van der Waals surface area contributed by atoms with E-state index in [-0.39, 0.29) is 11.3 Å². The Kier molecular flexibility index (Phi) is 4.94. The van der Waals surface area contributed by atoms with Crippen LogP contribution in [0.1, 0.15) is 23.2 Å². The number of nitro groups is 1. The summed E-state index contributed by atoms with van der Waals surface area (Å²) < 4.78 is 13.6. The van der Waals surface area contributed by atoms with Crippen LogP contribution in [0.25, 0.3) is 0 Å². The lowest BCUT2D eigenvalue weighted by Crippen LogP contribution is -2.31. The Bertz CT molecular complexity index is 518. The number of nitro benzene ring substituents is 1. The average molecular weight is 298 g/mol. The molecular weight excluding hydrogens is 283 g/mol. The summed E-state index contributed by atoms with van der Waals surface area (Å²) in [5, 5.41) is 13.3. The van der Waals surface area contributed by atoms with E-state index in [0.29, 0.717) is 12.5 Å². The first-order chi connectivity index (χ1) is 9.58. The Labute approximate surface area is 120 Å². The molecule has 0 saturated carbocycles. The molecule has 1 aliphatic heterocycles. The third-order valence-electron chi connectivity index (χ3n) is 3.30. The van der Waals surface area contributed by atoms with Gasteiger partial charge in [0.25, 0.3) is 11.6 Å². The van der Waals surface area contributed by atoms with Gasteiger partial charge in [0.1, 0.15) is 5.82 Å². The number of nitrogens with zero attached hydrogens (tertiary/aromatic N) is 1. The summed E-state index contributed by atoms with van der Waals surface area (Å²) in [6.07, 6.45) is 2.06. The number of nitrogens with one attached hydrogen (secondary N) is 1. The number of carbonyl (C=O) groups is 1. The minimum Gasteiger partial charge on any atom is -0.352 e. The van der Waals surface area contributed by atoms with E-state index in [4.69, 9.17) is 0 Å². The molecule has 1 fully saturated rings. The fourth-order valence-electron chi connectivity index (χ4n) is 2.08. The quantitative estimate of drug-likeness (QED) is 0.685. The van der Waals surface area contributed by atoms with Crippen LogP contribution in [-0.2, 0) is 0 Å². The van der Waals surface area contributed by atoms with Crippen molar-refractivity contribution in [1.82, 2.24) is 5.32 Å². The predicted octanol–water partition coefficient (Wildman–Crippen LogP) is 2.61. The normalized spacial score (nSPS) is 15.8. The van der Waals surface area contributed by atoms with Gasteiger partial charge in [0.15, 0.2) is 0 Å². The summed E-state index contributed by atoms with van der Waals surface area (Å²) in [6.45, 7) is 0.488. The monoisotopic (exact) mass is 298 g/mol. The third kappa shape index (κ3) is 3.69. The number of rotatable bonds is 4. The molecule has 1 heterocycles. The van der Waals surface area contributed by atoms with E-state index in [1.807, 2.05) is 11.8 Å². The Balaban J connectivity index is 2.00. The lowest BCUT2D eigenvalue weighted by molar-refractivity contribution is -0.384. The zero-order chi connectivity index (χ0) is 14.5. The standard InChI is InChI=1S/C13H15FN2O3S/c14-12-2-1-10(16(18)19)7-11(12)13(17)15-8-9-3-5-20-6-4-9/h1-2,7,9H,3-6,8H2,(H,15,17). The molecule has 20 heavy (non-hydrogen) atoms. The van der Waals surface area contributed by atoms with Gasteiger partial charge in [-0.2, -0.15) is 11.8 Å². The highest BCUT2D eigenvalue weighted by molar-refractivity contribution is 7.99. The summed E-state index contributed by atoms with van der Waals surface area (Å²) in [4.78, 5) is 21.9. The van der Waals surface area contributed by atoms with E-state index in [2.05, 4.69) is 5.32 Å². The summed E-state index contributed by atoms with van der Waals surface area (Å²) in [5.74, 6) is 1.22. The fourth-order valence-corrected chi connectivity index (χ4v) is 3.29. The number of carbonyl (C=O) groups excluding carboxylic acids is 1. The number of halogens is 1. The van der Waals surface area contributed by atoms with Gasteiger partial charge in [0.2, 0.25) is 0 Å². The molecule has 7 heteroatoms. The number of hydrogen-bond acceptors (Lipinski definition) is 4. The minimum atomic E-state index is -0.743. The first kappa shape index (κ1) is 14.8. The van der Waals surface area contributed by atoms with Gasteiger partial charge < -0.3 is 5.32 Å². The van der Waals surface area contributed by atoms with Crippen LogP contribution in [0.2, 0.25) is 0 Å². The van der Waals surface area contributed by atoms with Crippen molar-refractivity contribution in [3.63, 3.8) is 0 Å². The number of thioether (sulfide) groups is 1. The van der Waals surface area contributed by atoms with Crippen LogP contribution in [0.15, 0.2) is 18.2 Å². The molecule has 1 aromatic carbocycles. The third-order valence-corrected chi connectivity index (χ3v) is 4.35. The molecule has 0 bridgehead atoms. The van der Waals surface area contributed by atoms with Crippen molar-refractivity contribution >= 4 is 23.4 Å². The van der Waals surface area contributed by atoms with Crippen molar-refractivity contribution in [3.8, 4) is 0 Å². The van der Waals surface area contributed by atoms with Crippen LogP contribution < -0.4 is 5.32 Å². The van der Waals surface area contributed by atoms with E-state index in [1.165, 1.54) is 0 Å². The molecule has 0 atom stereocenters. The van der Waals surface area contributed by atoms with Gasteiger partial charge in [-0.3, -0.25) is 14.9 Å². The van der Waals surface area contributed by atoms with Gasteiger partial charge in [-0.05, 0) is 36.3 Å². The second-order valence-corrected chi connectivity index (χ2v) is 5.91. The lowest BCUT2D eigenvalue weighted by atomic mass is 10.0. The molecule has 0 spiro atoms. The maximum absolute atomic E-state index is 13.6. The topological polar surface area (TPSA) is 72.2 Å². The Morgan fingerprint density at radius 1 is 1.45 bits per heavy atom. The van der Waals surface area contributed by atoms with Gasteiger partial charge in [0.05, 0.1) is 10.5 Å². The molecule has 0 radical (unpaired) electrons. The van der Waals surface area contributed by atoms with Crippen molar-refractivity contribution in [1.29, 1.82) is 0 Å². The van der Waals surface area contributed by atoms with Gasteiger partial charge >= 0.3 is 0 Å². The number of hydrogen-bond donors (Lipinski definition) is 1. The second-order valence-electron chi connectivity index (χ2n) is 4.69. The number of non-ortho nitro benzene ring substituents is 1. The Morgan fingerprint density at radius 2 is 2.15 bits per heavy atom. The Hall–Kier alpha value is -1.63. The van der Waals surface area contributed by atoms with E-state index in [9.17, 15) is 19.3 Å². The highest BCUT2D eigenvalue weighted by Crippen LogP contribution is 2.22. The van der Waals surface area contributed by atoms with Crippen molar-refractivity contribution in [3.05, 3.63) is 39.7 Å². The van der Waals surface area contributed by atoms with Crippen molar-refractivity contribution in [2.24, 2.45) is 5.92 Å². The van der Waals surface area contributed by atoms with Gasteiger partial charge in [-0.1, -0.05) is 0 Å². The first-order valence-electron chi connectivity index (χ1n) is 6.38. The number of benzene rings is 1. The highest BCUT2D eigenvalue weighted by Gasteiger charge is 2.19.